The van der Waals surface area contributed by atoms with Gasteiger partial charge >= 0.3 is 5.97 Å². The summed E-state index contributed by atoms with van der Waals surface area (Å²) in [7, 11) is 0. The van der Waals surface area contributed by atoms with Gasteiger partial charge < -0.3 is 15.0 Å². The Labute approximate surface area is 148 Å². The normalized spacial score (nSPS) is 14.5. The van der Waals surface area contributed by atoms with Gasteiger partial charge in [-0.15, -0.1) is 0 Å². The summed E-state index contributed by atoms with van der Waals surface area (Å²) < 4.78 is 5.02. The maximum Gasteiger partial charge on any atom is 0.308 e. The van der Waals surface area contributed by atoms with Crippen LogP contribution in [-0.4, -0.2) is 48.9 Å². The van der Waals surface area contributed by atoms with Gasteiger partial charge in [0.15, 0.2) is 6.61 Å². The second kappa shape index (κ2) is 10.5. The quantitative estimate of drug-likeness (QED) is 0.762. The summed E-state index contributed by atoms with van der Waals surface area (Å²) in [5, 5.41) is 2.69. The van der Waals surface area contributed by atoms with Crippen molar-refractivity contribution in [1.82, 2.24) is 10.2 Å². The SMILES string of the molecule is O=C(Cc1ccccc1)NCCC(=O)OCC(=O)N1CCCCCC1. The summed E-state index contributed by atoms with van der Waals surface area (Å²) in [6, 6.07) is 9.40. The first-order valence-corrected chi connectivity index (χ1v) is 8.89. The zero-order valence-electron chi connectivity index (χ0n) is 14.5. The number of hydrogen-bond donors (Lipinski definition) is 1. The second-order valence-electron chi connectivity index (χ2n) is 6.22. The fourth-order valence-electron chi connectivity index (χ4n) is 2.77. The first-order chi connectivity index (χ1) is 12.1. The van der Waals surface area contributed by atoms with Crippen LogP contribution in [0.5, 0.6) is 0 Å². The minimum absolute atomic E-state index is 0.0633. The number of nitrogens with zero attached hydrogens (tertiary/aromatic N) is 1. The van der Waals surface area contributed by atoms with E-state index < -0.39 is 5.97 Å². The molecule has 1 aliphatic rings. The highest BCUT2D eigenvalue weighted by molar-refractivity contribution is 5.81. The Morgan fingerprint density at radius 3 is 2.36 bits per heavy atom. The van der Waals surface area contributed by atoms with Crippen LogP contribution in [0.25, 0.3) is 0 Å². The van der Waals surface area contributed by atoms with Gasteiger partial charge in [-0.1, -0.05) is 43.2 Å². The zero-order chi connectivity index (χ0) is 17.9. The highest BCUT2D eigenvalue weighted by atomic mass is 16.5. The maximum absolute atomic E-state index is 12.0. The lowest BCUT2D eigenvalue weighted by atomic mass is 10.1. The van der Waals surface area contributed by atoms with Crippen LogP contribution in [0.2, 0.25) is 0 Å². The Balaban J connectivity index is 1.58. The predicted molar refractivity (Wildman–Crippen MR) is 93.8 cm³/mol. The molecule has 1 N–H and O–H groups in total. The third-order valence-corrected chi connectivity index (χ3v) is 4.17. The van der Waals surface area contributed by atoms with Crippen LogP contribution >= 0.6 is 0 Å². The van der Waals surface area contributed by atoms with E-state index >= 15 is 0 Å². The topological polar surface area (TPSA) is 75.7 Å². The van der Waals surface area contributed by atoms with Crippen LogP contribution in [0.15, 0.2) is 30.3 Å². The van der Waals surface area contributed by atoms with E-state index in [2.05, 4.69) is 5.32 Å². The van der Waals surface area contributed by atoms with E-state index in [1.54, 1.807) is 4.90 Å². The van der Waals surface area contributed by atoms with Crippen LogP contribution in [0.4, 0.5) is 0 Å². The van der Waals surface area contributed by atoms with Crippen molar-refractivity contribution in [1.29, 1.82) is 0 Å². The van der Waals surface area contributed by atoms with E-state index in [4.69, 9.17) is 4.74 Å². The number of rotatable bonds is 7. The molecular weight excluding hydrogens is 320 g/mol. The van der Waals surface area contributed by atoms with Crippen LogP contribution < -0.4 is 5.32 Å². The van der Waals surface area contributed by atoms with Crippen molar-refractivity contribution < 1.29 is 19.1 Å². The minimum atomic E-state index is -0.469. The molecule has 0 bridgehead atoms. The van der Waals surface area contributed by atoms with Crippen LogP contribution in [0.1, 0.15) is 37.7 Å². The van der Waals surface area contributed by atoms with E-state index in [1.807, 2.05) is 30.3 Å². The molecule has 136 valence electrons. The molecule has 0 atom stereocenters. The van der Waals surface area contributed by atoms with Crippen LogP contribution in [0.3, 0.4) is 0 Å². The van der Waals surface area contributed by atoms with Gasteiger partial charge in [-0.25, -0.2) is 0 Å². The molecule has 2 rings (SSSR count). The molecule has 1 aliphatic heterocycles. The molecule has 0 aliphatic carbocycles. The third-order valence-electron chi connectivity index (χ3n) is 4.17. The zero-order valence-corrected chi connectivity index (χ0v) is 14.5. The largest absolute Gasteiger partial charge is 0.456 e. The number of nitrogens with one attached hydrogen (secondary N) is 1. The van der Waals surface area contributed by atoms with Gasteiger partial charge in [0.25, 0.3) is 5.91 Å². The van der Waals surface area contributed by atoms with Gasteiger partial charge in [0.2, 0.25) is 5.91 Å². The molecule has 0 unspecified atom stereocenters. The number of likely N-dealkylation sites (tertiary alicyclic amines) is 1. The Morgan fingerprint density at radius 2 is 1.68 bits per heavy atom. The lowest BCUT2D eigenvalue weighted by Crippen LogP contribution is -2.35. The molecule has 1 heterocycles. The summed E-state index contributed by atoms with van der Waals surface area (Å²) in [6.45, 7) is 1.48. The molecule has 1 fully saturated rings. The van der Waals surface area contributed by atoms with E-state index in [1.165, 1.54) is 0 Å². The number of carbonyl (C=O) groups is 3. The van der Waals surface area contributed by atoms with Gasteiger partial charge in [-0.05, 0) is 18.4 Å². The molecule has 1 aromatic carbocycles. The molecule has 2 amide bonds. The minimum Gasteiger partial charge on any atom is -0.456 e. The average molecular weight is 346 g/mol. The maximum atomic E-state index is 12.0. The van der Waals surface area contributed by atoms with E-state index in [0.717, 1.165) is 44.3 Å². The molecule has 25 heavy (non-hydrogen) atoms. The smallest absolute Gasteiger partial charge is 0.308 e. The highest BCUT2D eigenvalue weighted by Gasteiger charge is 2.17. The van der Waals surface area contributed by atoms with Crippen molar-refractivity contribution in [3.63, 3.8) is 0 Å². The summed E-state index contributed by atoms with van der Waals surface area (Å²) in [6.07, 6.45) is 4.65. The number of ether oxygens (including phenoxy) is 1. The lowest BCUT2D eigenvalue weighted by molar-refractivity contribution is -0.152. The van der Waals surface area contributed by atoms with Crippen molar-refractivity contribution >= 4 is 17.8 Å². The van der Waals surface area contributed by atoms with Gasteiger partial charge in [-0.2, -0.15) is 0 Å². The number of benzene rings is 1. The molecule has 0 radical (unpaired) electrons. The Kier molecular flexibility index (Phi) is 7.95. The van der Waals surface area contributed by atoms with Crippen molar-refractivity contribution in [3.8, 4) is 0 Å². The van der Waals surface area contributed by atoms with Gasteiger partial charge in [0.05, 0.1) is 12.8 Å². The Morgan fingerprint density at radius 1 is 1.00 bits per heavy atom. The lowest BCUT2D eigenvalue weighted by Gasteiger charge is -2.19. The molecule has 0 saturated carbocycles. The Bertz CT molecular complexity index is 566. The summed E-state index contributed by atoms with van der Waals surface area (Å²) in [5.41, 5.74) is 0.922. The molecule has 6 heteroatoms. The molecule has 6 nitrogen and oxygen atoms in total. The predicted octanol–water partition coefficient (Wildman–Crippen LogP) is 1.68. The molecule has 1 saturated heterocycles. The summed E-state index contributed by atoms with van der Waals surface area (Å²) >= 11 is 0. The van der Waals surface area contributed by atoms with E-state index in [9.17, 15) is 14.4 Å². The summed E-state index contributed by atoms with van der Waals surface area (Å²) in [5.74, 6) is -0.744. The van der Waals surface area contributed by atoms with Crippen LogP contribution in [0, 0.1) is 0 Å². The van der Waals surface area contributed by atoms with Crippen LogP contribution in [-0.2, 0) is 25.5 Å². The highest BCUT2D eigenvalue weighted by Crippen LogP contribution is 2.09. The average Bonchev–Trinajstić information content (AvgIpc) is 2.90. The van der Waals surface area contributed by atoms with Crippen molar-refractivity contribution in [3.05, 3.63) is 35.9 Å². The number of esters is 1. The third kappa shape index (κ3) is 7.37. The molecular formula is C19H26N2O4. The van der Waals surface area contributed by atoms with E-state index in [-0.39, 0.29) is 37.8 Å². The van der Waals surface area contributed by atoms with Gasteiger partial charge in [0, 0.05) is 19.6 Å². The fourth-order valence-corrected chi connectivity index (χ4v) is 2.77. The first-order valence-electron chi connectivity index (χ1n) is 8.89. The summed E-state index contributed by atoms with van der Waals surface area (Å²) in [4.78, 5) is 37.3. The molecule has 0 aromatic heterocycles. The monoisotopic (exact) mass is 346 g/mol. The standard InChI is InChI=1S/C19H26N2O4/c22-17(14-16-8-4-3-5-9-16)20-11-10-19(24)25-15-18(23)21-12-6-1-2-7-13-21/h3-5,8-9H,1-2,6-7,10-15H2,(H,20,22). The number of carbonyl (C=O) groups excluding carboxylic acids is 3. The van der Waals surface area contributed by atoms with Gasteiger partial charge in [0.1, 0.15) is 0 Å². The Hall–Kier alpha value is -2.37. The number of hydrogen-bond acceptors (Lipinski definition) is 4. The number of amides is 2. The van der Waals surface area contributed by atoms with Crippen molar-refractivity contribution in [2.24, 2.45) is 0 Å². The van der Waals surface area contributed by atoms with Crippen molar-refractivity contribution in [2.75, 3.05) is 26.2 Å². The van der Waals surface area contributed by atoms with E-state index in [0.29, 0.717) is 0 Å². The fraction of sp³-hybridized carbons (Fsp3) is 0.526. The van der Waals surface area contributed by atoms with Gasteiger partial charge in [-0.3, -0.25) is 14.4 Å². The molecule has 1 aromatic rings. The van der Waals surface area contributed by atoms with Crippen molar-refractivity contribution in [2.45, 2.75) is 38.5 Å². The second-order valence-corrected chi connectivity index (χ2v) is 6.22. The first kappa shape index (κ1) is 19.0. The molecule has 0 spiro atoms.